The van der Waals surface area contributed by atoms with Crippen molar-refractivity contribution in [3.05, 3.63) is 42.0 Å². The van der Waals surface area contributed by atoms with Crippen LogP contribution in [0.5, 0.6) is 5.75 Å². The van der Waals surface area contributed by atoms with Crippen molar-refractivity contribution in [2.45, 2.75) is 31.9 Å². The third-order valence-electron chi connectivity index (χ3n) is 4.28. The molecule has 0 aliphatic heterocycles. The van der Waals surface area contributed by atoms with Gasteiger partial charge in [-0.1, -0.05) is 0 Å². The standard InChI is InChI=1S/C18H18N8O/c1-10-2-3-15(27-13-4-11(20)5-13)18(23-10)14-6-16(26-25-14)24-17-9-21-12(7-19)8-22-17/h2-3,6,8-9,11,13H,4-5,20H2,1H3,(H2,22,24,25,26)/t11-,13-. The average molecular weight is 362 g/mol. The van der Waals surface area contributed by atoms with Crippen LogP contribution in [0.15, 0.2) is 30.6 Å². The minimum absolute atomic E-state index is 0.123. The maximum Gasteiger partial charge on any atom is 0.158 e. The summed E-state index contributed by atoms with van der Waals surface area (Å²) >= 11 is 0. The Hall–Kier alpha value is -3.51. The summed E-state index contributed by atoms with van der Waals surface area (Å²) in [5.41, 5.74) is 8.40. The van der Waals surface area contributed by atoms with Crippen LogP contribution in [-0.2, 0) is 0 Å². The van der Waals surface area contributed by atoms with E-state index in [1.54, 1.807) is 0 Å². The molecule has 4 N–H and O–H groups in total. The molecule has 136 valence electrons. The topological polar surface area (TPSA) is 138 Å². The molecular formula is C18H18N8O. The predicted molar refractivity (Wildman–Crippen MR) is 98.2 cm³/mol. The van der Waals surface area contributed by atoms with Crippen LogP contribution >= 0.6 is 0 Å². The highest BCUT2D eigenvalue weighted by Crippen LogP contribution is 2.32. The lowest BCUT2D eigenvalue weighted by Gasteiger charge is -2.33. The summed E-state index contributed by atoms with van der Waals surface area (Å²) < 4.78 is 6.05. The average Bonchev–Trinajstić information content (AvgIpc) is 3.10. The quantitative estimate of drug-likeness (QED) is 0.627. The number of ether oxygens (including phenoxy) is 1. The lowest BCUT2D eigenvalue weighted by atomic mass is 9.90. The SMILES string of the molecule is Cc1ccc(O[C@H]2C[C@H](N)C2)c(-c2cc(Nc3cnc(C#N)cn3)n[nH]2)n1. The maximum atomic E-state index is 8.78. The third kappa shape index (κ3) is 3.70. The summed E-state index contributed by atoms with van der Waals surface area (Å²) in [6.07, 6.45) is 4.69. The van der Waals surface area contributed by atoms with E-state index in [0.717, 1.165) is 24.2 Å². The number of aryl methyl sites for hydroxylation is 1. The van der Waals surface area contributed by atoms with Crippen LogP contribution in [0.3, 0.4) is 0 Å². The second-order valence-electron chi connectivity index (χ2n) is 6.46. The highest BCUT2D eigenvalue weighted by molar-refractivity contribution is 5.67. The predicted octanol–water partition coefficient (Wildman–Crippen LogP) is 2.05. The Kier molecular flexibility index (Phi) is 4.40. The minimum Gasteiger partial charge on any atom is -0.488 e. The molecule has 4 rings (SSSR count). The van der Waals surface area contributed by atoms with Gasteiger partial charge in [0.25, 0.3) is 0 Å². The molecule has 0 aromatic carbocycles. The molecule has 0 bridgehead atoms. The van der Waals surface area contributed by atoms with Crippen molar-refractivity contribution < 1.29 is 4.74 Å². The van der Waals surface area contributed by atoms with Gasteiger partial charge in [-0.3, -0.25) is 5.10 Å². The molecular weight excluding hydrogens is 344 g/mol. The number of nitrogens with two attached hydrogens (primary N) is 1. The van der Waals surface area contributed by atoms with Crippen molar-refractivity contribution in [2.24, 2.45) is 5.73 Å². The van der Waals surface area contributed by atoms with E-state index < -0.39 is 0 Å². The molecule has 0 atom stereocenters. The van der Waals surface area contributed by atoms with Crippen LogP contribution in [0.25, 0.3) is 11.4 Å². The molecule has 9 heteroatoms. The van der Waals surface area contributed by atoms with Gasteiger partial charge in [-0.25, -0.2) is 15.0 Å². The smallest absolute Gasteiger partial charge is 0.158 e. The van der Waals surface area contributed by atoms with Gasteiger partial charge >= 0.3 is 0 Å². The van der Waals surface area contributed by atoms with E-state index in [0.29, 0.717) is 23.1 Å². The Morgan fingerprint density at radius 2 is 2.11 bits per heavy atom. The van der Waals surface area contributed by atoms with Crippen molar-refractivity contribution in [1.82, 2.24) is 25.1 Å². The highest BCUT2D eigenvalue weighted by atomic mass is 16.5. The number of rotatable bonds is 5. The Morgan fingerprint density at radius 1 is 1.26 bits per heavy atom. The number of pyridine rings is 1. The highest BCUT2D eigenvalue weighted by Gasteiger charge is 2.28. The molecule has 9 nitrogen and oxygen atoms in total. The number of H-pyrrole nitrogens is 1. The molecule has 1 aliphatic rings. The molecule has 3 heterocycles. The summed E-state index contributed by atoms with van der Waals surface area (Å²) in [5.74, 6) is 1.75. The van der Waals surface area contributed by atoms with Crippen molar-refractivity contribution in [1.29, 1.82) is 5.26 Å². The number of aromatic amines is 1. The lowest BCUT2D eigenvalue weighted by molar-refractivity contribution is 0.101. The number of anilines is 2. The van der Waals surface area contributed by atoms with Crippen LogP contribution in [0.1, 0.15) is 24.2 Å². The Bertz CT molecular complexity index is 985. The van der Waals surface area contributed by atoms with E-state index in [1.165, 1.54) is 12.4 Å². The van der Waals surface area contributed by atoms with E-state index in [1.807, 2.05) is 31.2 Å². The van der Waals surface area contributed by atoms with Crippen LogP contribution in [-0.4, -0.2) is 37.3 Å². The van der Waals surface area contributed by atoms with Gasteiger partial charge in [0.1, 0.15) is 29.4 Å². The van der Waals surface area contributed by atoms with Crippen molar-refractivity contribution in [3.8, 4) is 23.2 Å². The molecule has 0 spiro atoms. The van der Waals surface area contributed by atoms with Gasteiger partial charge in [0.05, 0.1) is 18.1 Å². The molecule has 3 aromatic rings. The normalized spacial score (nSPS) is 18.4. The molecule has 27 heavy (non-hydrogen) atoms. The van der Waals surface area contributed by atoms with E-state index in [9.17, 15) is 0 Å². The van der Waals surface area contributed by atoms with E-state index in [4.69, 9.17) is 15.7 Å². The van der Waals surface area contributed by atoms with Gasteiger partial charge in [0, 0.05) is 17.8 Å². The number of hydrogen-bond acceptors (Lipinski definition) is 8. The first-order valence-electron chi connectivity index (χ1n) is 8.55. The van der Waals surface area contributed by atoms with Crippen LogP contribution in [0, 0.1) is 18.3 Å². The second-order valence-corrected chi connectivity index (χ2v) is 6.46. The van der Waals surface area contributed by atoms with E-state index in [2.05, 4.69) is 30.5 Å². The molecule has 1 aliphatic carbocycles. The minimum atomic E-state index is 0.123. The maximum absolute atomic E-state index is 8.78. The number of aromatic nitrogens is 5. The van der Waals surface area contributed by atoms with Crippen LogP contribution in [0.2, 0.25) is 0 Å². The fourth-order valence-corrected chi connectivity index (χ4v) is 2.80. The summed E-state index contributed by atoms with van der Waals surface area (Å²) in [6, 6.07) is 7.80. The van der Waals surface area contributed by atoms with Gasteiger partial charge in [-0.2, -0.15) is 10.4 Å². The van der Waals surface area contributed by atoms with E-state index >= 15 is 0 Å². The monoisotopic (exact) mass is 362 g/mol. The lowest BCUT2D eigenvalue weighted by Crippen LogP contribution is -2.43. The van der Waals surface area contributed by atoms with E-state index in [-0.39, 0.29) is 17.8 Å². The fourth-order valence-electron chi connectivity index (χ4n) is 2.80. The van der Waals surface area contributed by atoms with Crippen molar-refractivity contribution in [3.63, 3.8) is 0 Å². The van der Waals surface area contributed by atoms with Gasteiger partial charge in [0.2, 0.25) is 0 Å². The summed E-state index contributed by atoms with van der Waals surface area (Å²) in [6.45, 7) is 1.93. The largest absolute Gasteiger partial charge is 0.488 e. The van der Waals surface area contributed by atoms with Gasteiger partial charge < -0.3 is 15.8 Å². The molecule has 3 aromatic heterocycles. The Labute approximate surface area is 155 Å². The number of nitrogens with one attached hydrogen (secondary N) is 2. The molecule has 0 radical (unpaired) electrons. The summed E-state index contributed by atoms with van der Waals surface area (Å²) in [4.78, 5) is 12.7. The second kappa shape index (κ2) is 7.01. The summed E-state index contributed by atoms with van der Waals surface area (Å²) in [7, 11) is 0. The first-order chi connectivity index (χ1) is 13.1. The molecule has 0 amide bonds. The van der Waals surface area contributed by atoms with Gasteiger partial charge in [-0.05, 0) is 31.9 Å². The van der Waals surface area contributed by atoms with Gasteiger partial charge in [0.15, 0.2) is 11.5 Å². The van der Waals surface area contributed by atoms with Crippen LogP contribution in [0.4, 0.5) is 11.6 Å². The van der Waals surface area contributed by atoms with Crippen molar-refractivity contribution >= 4 is 11.6 Å². The zero-order valence-corrected chi connectivity index (χ0v) is 14.7. The first-order valence-corrected chi connectivity index (χ1v) is 8.55. The number of nitrogens with zero attached hydrogens (tertiary/aromatic N) is 5. The van der Waals surface area contributed by atoms with Gasteiger partial charge in [-0.15, -0.1) is 0 Å². The zero-order valence-electron chi connectivity index (χ0n) is 14.7. The number of nitriles is 1. The zero-order chi connectivity index (χ0) is 18.8. The first kappa shape index (κ1) is 16.9. The molecule has 0 unspecified atom stereocenters. The third-order valence-corrected chi connectivity index (χ3v) is 4.28. The fraction of sp³-hybridized carbons (Fsp3) is 0.278. The molecule has 0 saturated heterocycles. The summed E-state index contributed by atoms with van der Waals surface area (Å²) in [5, 5.41) is 19.0. The Morgan fingerprint density at radius 3 is 2.81 bits per heavy atom. The molecule has 1 saturated carbocycles. The van der Waals surface area contributed by atoms with Crippen molar-refractivity contribution in [2.75, 3.05) is 5.32 Å². The number of hydrogen-bond donors (Lipinski definition) is 3. The molecule has 1 fully saturated rings. The van der Waals surface area contributed by atoms with Crippen LogP contribution < -0.4 is 15.8 Å². The Balaban J connectivity index is 1.55.